The molecule has 0 saturated heterocycles. The second-order valence-corrected chi connectivity index (χ2v) is 6.18. The second kappa shape index (κ2) is 6.35. The van der Waals surface area contributed by atoms with Crippen molar-refractivity contribution in [1.29, 1.82) is 0 Å². The molecular weight excluding hydrogens is 252 g/mol. The van der Waals surface area contributed by atoms with Gasteiger partial charge in [-0.15, -0.1) is 0 Å². The number of aliphatic hydroxyl groups is 1. The summed E-state index contributed by atoms with van der Waals surface area (Å²) in [6.07, 6.45) is 4.73. The molecule has 0 aromatic heterocycles. The van der Waals surface area contributed by atoms with Crippen LogP contribution in [-0.2, 0) is 0 Å². The molecule has 112 valence electrons. The van der Waals surface area contributed by atoms with Crippen molar-refractivity contribution in [1.82, 2.24) is 0 Å². The zero-order valence-electron chi connectivity index (χ0n) is 12.5. The summed E-state index contributed by atoms with van der Waals surface area (Å²) in [6.45, 7) is 5.02. The van der Waals surface area contributed by atoms with Crippen LogP contribution in [0.4, 0.5) is 11.4 Å². The van der Waals surface area contributed by atoms with E-state index in [1.54, 1.807) is 0 Å². The fourth-order valence-electron chi connectivity index (χ4n) is 2.87. The van der Waals surface area contributed by atoms with Crippen molar-refractivity contribution in [3.05, 3.63) is 18.2 Å². The molecule has 0 heterocycles. The van der Waals surface area contributed by atoms with Crippen LogP contribution in [0.5, 0.6) is 5.75 Å². The highest BCUT2D eigenvalue weighted by atomic mass is 16.5. The molecular formula is C16H26N2O2. The van der Waals surface area contributed by atoms with E-state index in [2.05, 4.69) is 5.32 Å². The van der Waals surface area contributed by atoms with Crippen LogP contribution in [0.15, 0.2) is 18.2 Å². The van der Waals surface area contributed by atoms with Crippen molar-refractivity contribution >= 4 is 11.4 Å². The number of hydrogen-bond donors (Lipinski definition) is 3. The van der Waals surface area contributed by atoms with Gasteiger partial charge in [-0.2, -0.15) is 0 Å². The number of hydrogen-bond acceptors (Lipinski definition) is 4. The molecule has 4 nitrogen and oxygen atoms in total. The second-order valence-electron chi connectivity index (χ2n) is 6.18. The number of ether oxygens (including phenoxy) is 1. The summed E-state index contributed by atoms with van der Waals surface area (Å²) >= 11 is 0. The van der Waals surface area contributed by atoms with Crippen molar-refractivity contribution in [2.45, 2.75) is 45.6 Å². The average Bonchev–Trinajstić information content (AvgIpc) is 2.84. The van der Waals surface area contributed by atoms with Crippen LogP contribution in [0, 0.1) is 5.41 Å². The quantitative estimate of drug-likeness (QED) is 0.700. The summed E-state index contributed by atoms with van der Waals surface area (Å²) in [7, 11) is 0. The largest absolute Gasteiger partial charge is 0.491 e. The molecule has 1 fully saturated rings. The molecule has 2 rings (SSSR count). The highest BCUT2D eigenvalue weighted by Crippen LogP contribution is 2.38. The maximum Gasteiger partial charge on any atom is 0.123 e. The maximum atomic E-state index is 9.63. The number of anilines is 2. The molecule has 1 aliphatic rings. The first kappa shape index (κ1) is 15.0. The minimum atomic E-state index is 0.0314. The van der Waals surface area contributed by atoms with Gasteiger partial charge >= 0.3 is 0 Å². The van der Waals surface area contributed by atoms with Gasteiger partial charge in [0.1, 0.15) is 5.75 Å². The standard InChI is InChI=1S/C16H26N2O2/c1-12(2)20-15-8-13(17)7-14(9-15)18-10-16(11-19)5-3-4-6-16/h7-9,12,18-19H,3-6,10-11,17H2,1-2H3. The Morgan fingerprint density at radius 3 is 2.60 bits per heavy atom. The van der Waals surface area contributed by atoms with Crippen LogP contribution in [0.1, 0.15) is 39.5 Å². The van der Waals surface area contributed by atoms with E-state index in [4.69, 9.17) is 10.5 Å². The molecule has 4 heteroatoms. The lowest BCUT2D eigenvalue weighted by Crippen LogP contribution is -2.30. The third-order valence-electron chi connectivity index (χ3n) is 3.97. The lowest BCUT2D eigenvalue weighted by molar-refractivity contribution is 0.142. The Hall–Kier alpha value is -1.42. The lowest BCUT2D eigenvalue weighted by atomic mass is 9.87. The van der Waals surface area contributed by atoms with Crippen molar-refractivity contribution in [2.24, 2.45) is 5.41 Å². The number of benzene rings is 1. The molecule has 1 aliphatic carbocycles. The molecule has 0 bridgehead atoms. The molecule has 0 radical (unpaired) electrons. The van der Waals surface area contributed by atoms with Crippen molar-refractivity contribution < 1.29 is 9.84 Å². The molecule has 1 aromatic carbocycles. The first-order valence-corrected chi connectivity index (χ1v) is 7.45. The Morgan fingerprint density at radius 2 is 2.00 bits per heavy atom. The maximum absolute atomic E-state index is 9.63. The predicted molar refractivity (Wildman–Crippen MR) is 83.1 cm³/mol. The zero-order valence-corrected chi connectivity index (χ0v) is 12.5. The molecule has 4 N–H and O–H groups in total. The minimum Gasteiger partial charge on any atom is -0.491 e. The number of nitrogens with two attached hydrogens (primary N) is 1. The Bertz CT molecular complexity index is 440. The van der Waals surface area contributed by atoms with Gasteiger partial charge in [-0.1, -0.05) is 12.8 Å². The summed E-state index contributed by atoms with van der Waals surface area (Å²) in [5, 5.41) is 13.0. The Balaban J connectivity index is 2.03. The molecule has 1 saturated carbocycles. The van der Waals surface area contributed by atoms with Gasteiger partial charge in [0.2, 0.25) is 0 Å². The SMILES string of the molecule is CC(C)Oc1cc(N)cc(NCC2(CO)CCCC2)c1. The first-order chi connectivity index (χ1) is 9.53. The summed E-state index contributed by atoms with van der Waals surface area (Å²) in [5.74, 6) is 0.784. The van der Waals surface area contributed by atoms with Gasteiger partial charge in [0.25, 0.3) is 0 Å². The van der Waals surface area contributed by atoms with E-state index >= 15 is 0 Å². The van der Waals surface area contributed by atoms with Crippen molar-refractivity contribution in [3.8, 4) is 5.75 Å². The van der Waals surface area contributed by atoms with E-state index in [0.717, 1.165) is 30.8 Å². The van der Waals surface area contributed by atoms with E-state index in [0.29, 0.717) is 5.69 Å². The van der Waals surface area contributed by atoms with Crippen LogP contribution >= 0.6 is 0 Å². The van der Waals surface area contributed by atoms with E-state index in [9.17, 15) is 5.11 Å². The molecule has 0 amide bonds. The van der Waals surface area contributed by atoms with E-state index in [1.165, 1.54) is 12.8 Å². The van der Waals surface area contributed by atoms with Gasteiger partial charge in [-0.05, 0) is 32.8 Å². The van der Waals surface area contributed by atoms with Crippen LogP contribution in [-0.4, -0.2) is 24.4 Å². The summed E-state index contributed by atoms with van der Waals surface area (Å²) in [4.78, 5) is 0. The number of nitrogens with one attached hydrogen (secondary N) is 1. The molecule has 1 aromatic rings. The van der Waals surface area contributed by atoms with Gasteiger partial charge in [0.15, 0.2) is 0 Å². The zero-order chi connectivity index (χ0) is 14.6. The van der Waals surface area contributed by atoms with Gasteiger partial charge < -0.3 is 20.9 Å². The van der Waals surface area contributed by atoms with Gasteiger partial charge in [0, 0.05) is 35.5 Å². The summed E-state index contributed by atoms with van der Waals surface area (Å²) in [5.41, 5.74) is 7.59. The molecule has 0 unspecified atom stereocenters. The summed E-state index contributed by atoms with van der Waals surface area (Å²) < 4.78 is 5.69. The first-order valence-electron chi connectivity index (χ1n) is 7.45. The van der Waals surface area contributed by atoms with Crippen molar-refractivity contribution in [2.75, 3.05) is 24.2 Å². The highest BCUT2D eigenvalue weighted by Gasteiger charge is 2.32. The molecule has 0 spiro atoms. The Kier molecular flexibility index (Phi) is 4.76. The normalized spacial score (nSPS) is 17.4. The lowest BCUT2D eigenvalue weighted by Gasteiger charge is -2.27. The van der Waals surface area contributed by atoms with E-state index in [-0.39, 0.29) is 18.1 Å². The van der Waals surface area contributed by atoms with Gasteiger partial charge in [-0.3, -0.25) is 0 Å². The third-order valence-corrected chi connectivity index (χ3v) is 3.97. The van der Waals surface area contributed by atoms with Gasteiger partial charge in [0.05, 0.1) is 12.7 Å². The fraction of sp³-hybridized carbons (Fsp3) is 0.625. The topological polar surface area (TPSA) is 67.5 Å². The Labute approximate surface area is 121 Å². The number of nitrogen functional groups attached to an aromatic ring is 1. The monoisotopic (exact) mass is 278 g/mol. The van der Waals surface area contributed by atoms with E-state index in [1.807, 2.05) is 32.0 Å². The average molecular weight is 278 g/mol. The molecule has 0 atom stereocenters. The molecule has 0 aliphatic heterocycles. The van der Waals surface area contributed by atoms with Crippen LogP contribution < -0.4 is 15.8 Å². The predicted octanol–water partition coefficient (Wildman–Crippen LogP) is 3.02. The molecule has 20 heavy (non-hydrogen) atoms. The van der Waals surface area contributed by atoms with Crippen LogP contribution in [0.2, 0.25) is 0 Å². The minimum absolute atomic E-state index is 0.0314. The third kappa shape index (κ3) is 3.79. The van der Waals surface area contributed by atoms with Crippen molar-refractivity contribution in [3.63, 3.8) is 0 Å². The number of aliphatic hydroxyl groups excluding tert-OH is 1. The number of rotatable bonds is 6. The Morgan fingerprint density at radius 1 is 1.30 bits per heavy atom. The van der Waals surface area contributed by atoms with Gasteiger partial charge in [-0.25, -0.2) is 0 Å². The summed E-state index contributed by atoms with van der Waals surface area (Å²) in [6, 6.07) is 5.71. The van der Waals surface area contributed by atoms with E-state index < -0.39 is 0 Å². The fourth-order valence-corrected chi connectivity index (χ4v) is 2.87. The smallest absolute Gasteiger partial charge is 0.123 e. The van der Waals surface area contributed by atoms with Crippen LogP contribution in [0.25, 0.3) is 0 Å². The highest BCUT2D eigenvalue weighted by molar-refractivity contribution is 5.59. The van der Waals surface area contributed by atoms with Crippen LogP contribution in [0.3, 0.4) is 0 Å².